The van der Waals surface area contributed by atoms with E-state index in [9.17, 15) is 0 Å². The maximum absolute atomic E-state index is 5.64. The molecule has 96 valence electrons. The highest BCUT2D eigenvalue weighted by molar-refractivity contribution is 14.0. The third kappa shape index (κ3) is 7.30. The van der Waals surface area contributed by atoms with Crippen LogP contribution in [0.4, 0.5) is 0 Å². The van der Waals surface area contributed by atoms with Crippen LogP contribution < -0.4 is 11.1 Å². The molecule has 0 aromatic carbocycles. The molecule has 1 aliphatic rings. The largest absolute Gasteiger partial charge is 0.370 e. The van der Waals surface area contributed by atoms with Gasteiger partial charge in [-0.05, 0) is 25.7 Å². The van der Waals surface area contributed by atoms with E-state index < -0.39 is 0 Å². The minimum atomic E-state index is 0. The van der Waals surface area contributed by atoms with Gasteiger partial charge in [0.1, 0.15) is 0 Å². The number of guanidine groups is 1. The molecular formula is C12H26IN3. The predicted molar refractivity (Wildman–Crippen MR) is 81.4 cm³/mol. The van der Waals surface area contributed by atoms with Crippen LogP contribution in [0.1, 0.15) is 51.9 Å². The van der Waals surface area contributed by atoms with Crippen molar-refractivity contribution in [1.29, 1.82) is 0 Å². The van der Waals surface area contributed by atoms with Crippen molar-refractivity contribution in [1.82, 2.24) is 5.32 Å². The van der Waals surface area contributed by atoms with Gasteiger partial charge < -0.3 is 11.1 Å². The summed E-state index contributed by atoms with van der Waals surface area (Å²) in [5, 5.41) is 3.01. The van der Waals surface area contributed by atoms with E-state index in [1.54, 1.807) is 0 Å². The van der Waals surface area contributed by atoms with Crippen molar-refractivity contribution in [3.63, 3.8) is 0 Å². The summed E-state index contributed by atoms with van der Waals surface area (Å²) in [5.41, 5.74) is 5.64. The molecule has 1 saturated carbocycles. The van der Waals surface area contributed by atoms with E-state index in [0.717, 1.165) is 19.0 Å². The van der Waals surface area contributed by atoms with E-state index in [1.807, 2.05) is 6.92 Å². The highest BCUT2D eigenvalue weighted by Gasteiger charge is 2.12. The first-order valence-corrected chi connectivity index (χ1v) is 6.36. The molecule has 1 aliphatic carbocycles. The number of nitrogens with two attached hydrogens (primary N) is 1. The third-order valence-electron chi connectivity index (χ3n) is 3.14. The molecule has 0 amide bonds. The average Bonchev–Trinajstić information content (AvgIpc) is 2.26. The first kappa shape index (κ1) is 16.0. The molecule has 0 aromatic rings. The molecule has 1 rings (SSSR count). The van der Waals surface area contributed by atoms with Crippen molar-refractivity contribution in [2.75, 3.05) is 13.1 Å². The Kier molecular flexibility index (Phi) is 10.2. The topological polar surface area (TPSA) is 50.4 Å². The number of nitrogens with one attached hydrogen (secondary N) is 1. The number of aliphatic imine (C=N–C) groups is 1. The van der Waals surface area contributed by atoms with Crippen LogP contribution in [0.5, 0.6) is 0 Å². The van der Waals surface area contributed by atoms with E-state index in [1.165, 1.54) is 44.9 Å². The first-order valence-electron chi connectivity index (χ1n) is 6.36. The summed E-state index contributed by atoms with van der Waals surface area (Å²) in [7, 11) is 0. The molecule has 0 aromatic heterocycles. The molecule has 4 heteroatoms. The van der Waals surface area contributed by atoms with Crippen LogP contribution in [-0.2, 0) is 0 Å². The lowest BCUT2D eigenvalue weighted by Crippen LogP contribution is -2.31. The lowest BCUT2D eigenvalue weighted by atomic mass is 9.86. The molecule has 0 saturated heterocycles. The number of nitrogens with zero attached hydrogens (tertiary/aromatic N) is 1. The van der Waals surface area contributed by atoms with Crippen molar-refractivity contribution in [3.05, 3.63) is 0 Å². The average molecular weight is 339 g/mol. The Hall–Kier alpha value is 0. The van der Waals surface area contributed by atoms with Gasteiger partial charge in [0.25, 0.3) is 0 Å². The van der Waals surface area contributed by atoms with E-state index >= 15 is 0 Å². The lowest BCUT2D eigenvalue weighted by Gasteiger charge is -2.20. The normalized spacial score (nSPS) is 17.9. The molecule has 0 atom stereocenters. The van der Waals surface area contributed by atoms with E-state index in [4.69, 9.17) is 5.73 Å². The van der Waals surface area contributed by atoms with Crippen LogP contribution in [-0.4, -0.2) is 19.0 Å². The van der Waals surface area contributed by atoms with Crippen molar-refractivity contribution < 1.29 is 0 Å². The Morgan fingerprint density at radius 3 is 2.62 bits per heavy atom. The molecular weight excluding hydrogens is 313 g/mol. The molecule has 0 radical (unpaired) electrons. The summed E-state index contributed by atoms with van der Waals surface area (Å²) < 4.78 is 0. The maximum Gasteiger partial charge on any atom is 0.188 e. The van der Waals surface area contributed by atoms with Crippen LogP contribution in [0.3, 0.4) is 0 Å². The molecule has 3 nitrogen and oxygen atoms in total. The van der Waals surface area contributed by atoms with Crippen molar-refractivity contribution >= 4 is 29.9 Å². The van der Waals surface area contributed by atoms with Crippen LogP contribution in [0.2, 0.25) is 0 Å². The van der Waals surface area contributed by atoms with Crippen molar-refractivity contribution in [2.24, 2.45) is 16.6 Å². The van der Waals surface area contributed by atoms with Gasteiger partial charge in [0, 0.05) is 13.1 Å². The van der Waals surface area contributed by atoms with Crippen LogP contribution in [0, 0.1) is 5.92 Å². The molecule has 0 heterocycles. The zero-order chi connectivity index (χ0) is 10.9. The van der Waals surface area contributed by atoms with Gasteiger partial charge >= 0.3 is 0 Å². The van der Waals surface area contributed by atoms with Crippen LogP contribution in [0.25, 0.3) is 0 Å². The minimum absolute atomic E-state index is 0. The number of rotatable bonds is 5. The Morgan fingerprint density at radius 2 is 2.00 bits per heavy atom. The van der Waals surface area contributed by atoms with E-state index in [0.29, 0.717) is 5.96 Å². The number of hydrogen-bond acceptors (Lipinski definition) is 1. The Morgan fingerprint density at radius 1 is 1.31 bits per heavy atom. The second-order valence-electron chi connectivity index (χ2n) is 4.44. The summed E-state index contributed by atoms with van der Waals surface area (Å²) in [5.74, 6) is 1.57. The number of hydrogen-bond donors (Lipinski definition) is 2. The molecule has 16 heavy (non-hydrogen) atoms. The zero-order valence-electron chi connectivity index (χ0n) is 10.4. The van der Waals surface area contributed by atoms with Gasteiger partial charge in [0.15, 0.2) is 5.96 Å². The van der Waals surface area contributed by atoms with Crippen LogP contribution in [0.15, 0.2) is 4.99 Å². The highest BCUT2D eigenvalue weighted by atomic mass is 127. The van der Waals surface area contributed by atoms with Crippen LogP contribution >= 0.6 is 24.0 Å². The van der Waals surface area contributed by atoms with Gasteiger partial charge in [0.05, 0.1) is 0 Å². The molecule has 0 aliphatic heterocycles. The summed E-state index contributed by atoms with van der Waals surface area (Å²) >= 11 is 0. The summed E-state index contributed by atoms with van der Waals surface area (Å²) in [6.45, 7) is 3.78. The SMILES string of the molecule is CCNC(N)=NCCCC1CCCCC1.I. The monoisotopic (exact) mass is 339 g/mol. The fourth-order valence-electron chi connectivity index (χ4n) is 2.29. The van der Waals surface area contributed by atoms with E-state index in [2.05, 4.69) is 10.3 Å². The standard InChI is InChI=1S/C12H25N3.HI/c1-2-14-12(13)15-10-6-9-11-7-4-3-5-8-11;/h11H,2-10H2,1H3,(H3,13,14,15);1H. The summed E-state index contributed by atoms with van der Waals surface area (Å²) in [4.78, 5) is 4.28. The van der Waals surface area contributed by atoms with Crippen molar-refractivity contribution in [3.8, 4) is 0 Å². The molecule has 0 bridgehead atoms. The predicted octanol–water partition coefficient (Wildman–Crippen LogP) is 2.89. The Bertz CT molecular complexity index is 189. The second-order valence-corrected chi connectivity index (χ2v) is 4.44. The molecule has 0 unspecified atom stereocenters. The molecule has 1 fully saturated rings. The molecule has 3 N–H and O–H groups in total. The Balaban J connectivity index is 0.00000225. The van der Waals surface area contributed by atoms with E-state index in [-0.39, 0.29) is 24.0 Å². The van der Waals surface area contributed by atoms with Gasteiger partial charge in [-0.3, -0.25) is 4.99 Å². The second kappa shape index (κ2) is 10.2. The summed E-state index contributed by atoms with van der Waals surface area (Å²) in [6, 6.07) is 0. The third-order valence-corrected chi connectivity index (χ3v) is 3.14. The lowest BCUT2D eigenvalue weighted by molar-refractivity contribution is 0.334. The fraction of sp³-hybridized carbons (Fsp3) is 0.917. The Labute approximate surface area is 117 Å². The van der Waals surface area contributed by atoms with Gasteiger partial charge in [-0.15, -0.1) is 24.0 Å². The van der Waals surface area contributed by atoms with Gasteiger partial charge in [0.2, 0.25) is 0 Å². The minimum Gasteiger partial charge on any atom is -0.370 e. The number of halogens is 1. The zero-order valence-corrected chi connectivity index (χ0v) is 12.7. The van der Waals surface area contributed by atoms with Crippen molar-refractivity contribution in [2.45, 2.75) is 51.9 Å². The maximum atomic E-state index is 5.64. The van der Waals surface area contributed by atoms with Gasteiger partial charge in [-0.1, -0.05) is 32.1 Å². The smallest absolute Gasteiger partial charge is 0.188 e. The molecule has 0 spiro atoms. The first-order chi connectivity index (χ1) is 7.33. The van der Waals surface area contributed by atoms with Gasteiger partial charge in [-0.25, -0.2) is 0 Å². The fourth-order valence-corrected chi connectivity index (χ4v) is 2.29. The highest BCUT2D eigenvalue weighted by Crippen LogP contribution is 2.27. The van der Waals surface area contributed by atoms with Gasteiger partial charge in [-0.2, -0.15) is 0 Å². The summed E-state index contributed by atoms with van der Waals surface area (Å²) in [6.07, 6.45) is 9.72. The quantitative estimate of drug-likeness (QED) is 0.350.